The maximum atomic E-state index is 11.6. The number of aliphatic hydroxyl groups is 8. The van der Waals surface area contributed by atoms with Crippen molar-refractivity contribution in [3.05, 3.63) is 106 Å². The molecule has 0 amide bonds. The van der Waals surface area contributed by atoms with Crippen molar-refractivity contribution < 1.29 is 80.6 Å². The topological polar surface area (TPSA) is 291 Å². The maximum absolute atomic E-state index is 11.6. The molecule has 13 N–H and O–H groups in total. The van der Waals surface area contributed by atoms with E-state index in [4.69, 9.17) is 14.2 Å². The lowest BCUT2D eigenvalue weighted by molar-refractivity contribution is -0.232. The fourth-order valence-corrected chi connectivity index (χ4v) is 7.74. The molecule has 0 aromatic heterocycles. The van der Waals surface area contributed by atoms with Crippen molar-refractivity contribution in [2.24, 2.45) is 0 Å². The highest BCUT2D eigenvalue weighted by Gasteiger charge is 2.50. The summed E-state index contributed by atoms with van der Waals surface area (Å²) in [6.07, 6.45) is -14.3. The summed E-state index contributed by atoms with van der Waals surface area (Å²) in [4.78, 5) is 0. The molecule has 4 aromatic carbocycles. The van der Waals surface area contributed by atoms with Crippen molar-refractivity contribution in [1.82, 2.24) is 0 Å². The average molecular weight is 779 g/mol. The van der Waals surface area contributed by atoms with Crippen LogP contribution in [0, 0.1) is 0 Å². The zero-order chi connectivity index (χ0) is 40.2. The zero-order valence-electron chi connectivity index (χ0n) is 29.4. The second kappa shape index (κ2) is 15.5. The normalized spacial score (nSPS) is 31.6. The number of benzene rings is 4. The summed E-state index contributed by atoms with van der Waals surface area (Å²) < 4.78 is 18.1. The van der Waals surface area contributed by atoms with Gasteiger partial charge in [0.15, 0.2) is 0 Å². The first kappa shape index (κ1) is 39.3. The first-order valence-corrected chi connectivity index (χ1v) is 17.7. The minimum atomic E-state index is -1.84. The lowest BCUT2D eigenvalue weighted by Gasteiger charge is -2.40. The highest BCUT2D eigenvalue weighted by atomic mass is 16.6. The molecule has 12 unspecified atom stereocenters. The molecule has 0 radical (unpaired) electrons. The van der Waals surface area contributed by atoms with E-state index in [0.717, 1.165) is 0 Å². The van der Waals surface area contributed by atoms with E-state index in [0.29, 0.717) is 22.3 Å². The van der Waals surface area contributed by atoms with E-state index in [2.05, 4.69) is 0 Å². The Kier molecular flexibility index (Phi) is 10.9. The van der Waals surface area contributed by atoms with Crippen LogP contribution in [-0.4, -0.2) is 128 Å². The maximum Gasteiger partial charge on any atom is 0.135 e. The van der Waals surface area contributed by atoms with Crippen LogP contribution in [0.2, 0.25) is 0 Å². The molecule has 0 saturated carbocycles. The number of fused-ring (bicyclic) bond motifs is 1. The average Bonchev–Trinajstić information content (AvgIpc) is 3.57. The predicted octanol–water partition coefficient (Wildman–Crippen LogP) is 0.680. The van der Waals surface area contributed by atoms with Crippen molar-refractivity contribution in [1.29, 1.82) is 0 Å². The smallest absolute Gasteiger partial charge is 0.135 e. The highest BCUT2D eigenvalue weighted by Crippen LogP contribution is 2.58. The Hall–Kier alpha value is -4.98. The van der Waals surface area contributed by atoms with Gasteiger partial charge in [0.1, 0.15) is 102 Å². The Morgan fingerprint density at radius 1 is 0.482 bits per heavy atom. The first-order chi connectivity index (χ1) is 26.7. The van der Waals surface area contributed by atoms with Gasteiger partial charge in [-0.1, -0.05) is 36.4 Å². The van der Waals surface area contributed by atoms with Crippen LogP contribution in [-0.2, 0) is 9.47 Å². The van der Waals surface area contributed by atoms with Gasteiger partial charge in [-0.3, -0.25) is 0 Å². The molecule has 56 heavy (non-hydrogen) atoms. The van der Waals surface area contributed by atoms with Crippen LogP contribution in [0.15, 0.2) is 66.7 Å². The summed E-state index contributed by atoms with van der Waals surface area (Å²) >= 11 is 0. The highest BCUT2D eigenvalue weighted by molar-refractivity contribution is 5.77. The second-order valence-electron chi connectivity index (χ2n) is 14.1. The monoisotopic (exact) mass is 778 g/mol. The van der Waals surface area contributed by atoms with E-state index >= 15 is 0 Å². The number of ether oxygens (including phenoxy) is 3. The molecule has 7 rings (SSSR count). The molecule has 3 aliphatic heterocycles. The number of rotatable bonds is 8. The van der Waals surface area contributed by atoms with E-state index in [1.165, 1.54) is 42.5 Å². The third kappa shape index (κ3) is 6.90. The Bertz CT molecular complexity index is 2040. The van der Waals surface area contributed by atoms with Crippen molar-refractivity contribution in [3.8, 4) is 34.5 Å². The molecule has 2 fully saturated rings. The third-order valence-corrected chi connectivity index (χ3v) is 10.7. The molecule has 3 heterocycles. The van der Waals surface area contributed by atoms with Crippen LogP contribution >= 0.6 is 0 Å². The predicted molar refractivity (Wildman–Crippen MR) is 194 cm³/mol. The van der Waals surface area contributed by atoms with Gasteiger partial charge in [0.25, 0.3) is 0 Å². The van der Waals surface area contributed by atoms with Gasteiger partial charge in [-0.2, -0.15) is 0 Å². The van der Waals surface area contributed by atoms with Gasteiger partial charge in [-0.05, 0) is 64.7 Å². The number of aliphatic hydroxyl groups excluding tert-OH is 8. The molecule has 0 spiro atoms. The van der Waals surface area contributed by atoms with Gasteiger partial charge in [-0.25, -0.2) is 0 Å². The summed E-state index contributed by atoms with van der Waals surface area (Å²) in [5, 5.41) is 138. The Morgan fingerprint density at radius 3 is 1.48 bits per heavy atom. The summed E-state index contributed by atoms with van der Waals surface area (Å²) in [6.45, 7) is -1.51. The minimum absolute atomic E-state index is 0.0292. The molecule has 3 aliphatic rings. The summed E-state index contributed by atoms with van der Waals surface area (Å²) in [6, 6.07) is 16.0. The van der Waals surface area contributed by atoms with Gasteiger partial charge in [0.2, 0.25) is 0 Å². The molecule has 0 aliphatic carbocycles. The lowest BCUT2D eigenvalue weighted by atomic mass is 9.80. The Labute approximate surface area is 318 Å². The molecular formula is C40H42O16. The quantitative estimate of drug-likeness (QED) is 0.110. The van der Waals surface area contributed by atoms with E-state index in [9.17, 15) is 66.4 Å². The molecule has 16 nitrogen and oxygen atoms in total. The Morgan fingerprint density at radius 2 is 0.964 bits per heavy atom. The minimum Gasteiger partial charge on any atom is -0.508 e. The van der Waals surface area contributed by atoms with Gasteiger partial charge in [0, 0.05) is 5.56 Å². The van der Waals surface area contributed by atoms with Crippen LogP contribution in [0.5, 0.6) is 34.5 Å². The lowest BCUT2D eigenvalue weighted by Crippen LogP contribution is -2.55. The Balaban J connectivity index is 1.44. The molecule has 4 aromatic rings. The van der Waals surface area contributed by atoms with Crippen molar-refractivity contribution >= 4 is 12.2 Å². The van der Waals surface area contributed by atoms with Gasteiger partial charge in [0.05, 0.1) is 30.3 Å². The van der Waals surface area contributed by atoms with Gasteiger partial charge >= 0.3 is 0 Å². The van der Waals surface area contributed by atoms with E-state index in [-0.39, 0.29) is 33.9 Å². The van der Waals surface area contributed by atoms with Crippen molar-refractivity contribution in [2.75, 3.05) is 13.2 Å². The standard InChI is InChI=1S/C40H42O16/c41-14-25-31(48)33(50)35(52)39(54-25)29-22(45)12-19(13-23(29)46)28-27-18(4-1-16-2-7-20(43)8-3-16)11-24(47)30(40-36(53)34(51)32(49)26(15-42)55-40)38(27)56-37(28)17-5-9-21(44)10-6-17/h1-13,25-26,28,31-37,39-53H,14-15H2. The third-order valence-electron chi connectivity index (χ3n) is 10.7. The molecule has 0 bridgehead atoms. The van der Waals surface area contributed by atoms with E-state index < -0.39 is 104 Å². The molecular weight excluding hydrogens is 736 g/mol. The second-order valence-corrected chi connectivity index (χ2v) is 14.1. The summed E-state index contributed by atoms with van der Waals surface area (Å²) in [5.41, 5.74) is 1.40. The van der Waals surface area contributed by atoms with Crippen LogP contribution < -0.4 is 4.74 Å². The molecule has 298 valence electrons. The zero-order valence-corrected chi connectivity index (χ0v) is 29.4. The largest absolute Gasteiger partial charge is 0.508 e. The molecule has 16 heteroatoms. The first-order valence-electron chi connectivity index (χ1n) is 17.7. The molecule has 2 saturated heterocycles. The fourth-order valence-electron chi connectivity index (χ4n) is 7.74. The summed E-state index contributed by atoms with van der Waals surface area (Å²) in [5.74, 6) is -2.79. The van der Waals surface area contributed by atoms with Crippen LogP contribution in [0.25, 0.3) is 12.2 Å². The van der Waals surface area contributed by atoms with Gasteiger partial charge in [-0.15, -0.1) is 0 Å². The summed E-state index contributed by atoms with van der Waals surface area (Å²) in [7, 11) is 0. The van der Waals surface area contributed by atoms with E-state index in [1.807, 2.05) is 0 Å². The van der Waals surface area contributed by atoms with Crippen LogP contribution in [0.1, 0.15) is 63.2 Å². The number of phenolic OH excluding ortho intramolecular Hbond substituents is 5. The van der Waals surface area contributed by atoms with E-state index in [1.54, 1.807) is 36.4 Å². The number of phenols is 5. The number of hydrogen-bond donors (Lipinski definition) is 13. The van der Waals surface area contributed by atoms with Gasteiger partial charge < -0.3 is 80.6 Å². The number of hydrogen-bond acceptors (Lipinski definition) is 16. The molecule has 12 atom stereocenters. The SMILES string of the molecule is OCC1OC(c2c(O)cc(C3c4c(C=Cc5ccc(O)cc5)cc(O)c(C5OC(CO)C(O)C(O)C5O)c4OC3c3ccc(O)cc3)cc2O)C(O)C(O)C1O. The van der Waals surface area contributed by atoms with Crippen molar-refractivity contribution in [2.45, 2.75) is 73.1 Å². The fraction of sp³-hybridized carbons (Fsp3) is 0.350. The van der Waals surface area contributed by atoms with Crippen LogP contribution in [0.3, 0.4) is 0 Å². The van der Waals surface area contributed by atoms with Crippen molar-refractivity contribution in [3.63, 3.8) is 0 Å². The number of aromatic hydroxyl groups is 5. The van der Waals surface area contributed by atoms with Crippen LogP contribution in [0.4, 0.5) is 0 Å².